The van der Waals surface area contributed by atoms with Gasteiger partial charge in [0, 0.05) is 5.70 Å². The molecular formula is C9H9Cl2N. The van der Waals surface area contributed by atoms with Crippen LogP contribution in [-0.2, 0) is 0 Å². The van der Waals surface area contributed by atoms with Crippen LogP contribution < -0.4 is 5.32 Å². The number of halogens is 2. The van der Waals surface area contributed by atoms with E-state index in [1.807, 2.05) is 6.92 Å². The van der Waals surface area contributed by atoms with Gasteiger partial charge in [-0.2, -0.15) is 0 Å². The van der Waals surface area contributed by atoms with Crippen molar-refractivity contribution >= 4 is 28.9 Å². The third-order valence-corrected chi connectivity index (χ3v) is 1.93. The van der Waals surface area contributed by atoms with Crippen molar-refractivity contribution in [2.45, 2.75) is 6.92 Å². The summed E-state index contributed by atoms with van der Waals surface area (Å²) in [5, 5.41) is 4.19. The van der Waals surface area contributed by atoms with Gasteiger partial charge in [0.1, 0.15) is 0 Å². The molecule has 1 N–H and O–H groups in total. The Morgan fingerprint density at radius 3 is 2.25 bits per heavy atom. The van der Waals surface area contributed by atoms with E-state index in [2.05, 4.69) is 11.9 Å². The molecule has 0 bridgehead atoms. The Morgan fingerprint density at radius 1 is 1.33 bits per heavy atom. The van der Waals surface area contributed by atoms with Gasteiger partial charge in [0.2, 0.25) is 0 Å². The zero-order valence-electron chi connectivity index (χ0n) is 6.70. The Bertz CT molecular complexity index is 287. The first kappa shape index (κ1) is 9.43. The van der Waals surface area contributed by atoms with E-state index in [-0.39, 0.29) is 0 Å². The zero-order valence-corrected chi connectivity index (χ0v) is 8.21. The molecule has 0 aliphatic heterocycles. The van der Waals surface area contributed by atoms with Crippen LogP contribution in [-0.4, -0.2) is 0 Å². The van der Waals surface area contributed by atoms with E-state index in [4.69, 9.17) is 23.2 Å². The first-order chi connectivity index (χ1) is 5.61. The second-order valence-corrected chi connectivity index (χ2v) is 3.32. The largest absolute Gasteiger partial charge is 0.357 e. The average molecular weight is 202 g/mol. The molecule has 0 amide bonds. The maximum atomic E-state index is 5.89. The molecule has 1 rings (SSSR count). The summed E-state index contributed by atoms with van der Waals surface area (Å²) in [6.07, 6.45) is 0. The zero-order chi connectivity index (χ0) is 9.14. The van der Waals surface area contributed by atoms with E-state index < -0.39 is 0 Å². The Hall–Kier alpha value is -0.660. The van der Waals surface area contributed by atoms with Gasteiger partial charge in [-0.1, -0.05) is 35.8 Å². The number of rotatable bonds is 2. The summed E-state index contributed by atoms with van der Waals surface area (Å²) in [7, 11) is 0. The molecule has 0 radical (unpaired) electrons. The van der Waals surface area contributed by atoms with Crippen LogP contribution in [0.1, 0.15) is 6.92 Å². The Labute approximate surface area is 82.0 Å². The van der Waals surface area contributed by atoms with Gasteiger partial charge in [-0.3, -0.25) is 0 Å². The minimum Gasteiger partial charge on any atom is -0.357 e. The third-order valence-electron chi connectivity index (χ3n) is 1.30. The first-order valence-electron chi connectivity index (χ1n) is 3.48. The first-order valence-corrected chi connectivity index (χ1v) is 4.23. The molecule has 0 fully saturated rings. The maximum Gasteiger partial charge on any atom is 0.0760 e. The van der Waals surface area contributed by atoms with Crippen molar-refractivity contribution in [2.75, 3.05) is 5.32 Å². The van der Waals surface area contributed by atoms with Gasteiger partial charge in [0.05, 0.1) is 15.7 Å². The predicted octanol–water partition coefficient (Wildman–Crippen LogP) is 3.94. The van der Waals surface area contributed by atoms with Gasteiger partial charge >= 0.3 is 0 Å². The highest BCUT2D eigenvalue weighted by Crippen LogP contribution is 2.30. The average Bonchev–Trinajstić information content (AvgIpc) is 1.97. The topological polar surface area (TPSA) is 12.0 Å². The van der Waals surface area contributed by atoms with Crippen LogP contribution in [0.15, 0.2) is 30.5 Å². The fraction of sp³-hybridized carbons (Fsp3) is 0.111. The Kier molecular flexibility index (Phi) is 3.01. The van der Waals surface area contributed by atoms with Crippen LogP contribution in [0.3, 0.4) is 0 Å². The lowest BCUT2D eigenvalue weighted by Gasteiger charge is -2.08. The van der Waals surface area contributed by atoms with Crippen molar-refractivity contribution in [1.29, 1.82) is 0 Å². The minimum absolute atomic E-state index is 0.602. The van der Waals surface area contributed by atoms with E-state index in [1.165, 1.54) is 0 Å². The third kappa shape index (κ3) is 2.16. The summed E-state index contributed by atoms with van der Waals surface area (Å²) in [5.74, 6) is 0. The van der Waals surface area contributed by atoms with Crippen LogP contribution in [0.4, 0.5) is 5.69 Å². The summed E-state index contributed by atoms with van der Waals surface area (Å²) in [5.41, 5.74) is 1.53. The highest BCUT2D eigenvalue weighted by Gasteiger charge is 2.03. The molecule has 0 unspecified atom stereocenters. The molecule has 0 atom stereocenters. The number of hydrogen-bond donors (Lipinski definition) is 1. The van der Waals surface area contributed by atoms with Crippen molar-refractivity contribution in [3.63, 3.8) is 0 Å². The minimum atomic E-state index is 0.602. The maximum absolute atomic E-state index is 5.89. The van der Waals surface area contributed by atoms with Crippen LogP contribution in [0.5, 0.6) is 0 Å². The molecule has 0 aliphatic carbocycles. The number of allylic oxidation sites excluding steroid dienone is 1. The van der Waals surface area contributed by atoms with Crippen LogP contribution >= 0.6 is 23.2 Å². The normalized spacial score (nSPS) is 9.58. The molecule has 1 aromatic rings. The van der Waals surface area contributed by atoms with Gasteiger partial charge in [-0.25, -0.2) is 0 Å². The van der Waals surface area contributed by atoms with Crippen molar-refractivity contribution in [2.24, 2.45) is 0 Å². The lowest BCUT2D eigenvalue weighted by Crippen LogP contribution is -1.94. The molecule has 3 heteroatoms. The molecule has 12 heavy (non-hydrogen) atoms. The van der Waals surface area contributed by atoms with Crippen molar-refractivity contribution in [3.05, 3.63) is 40.5 Å². The van der Waals surface area contributed by atoms with Gasteiger partial charge in [0.25, 0.3) is 0 Å². The monoisotopic (exact) mass is 201 g/mol. The fourth-order valence-corrected chi connectivity index (χ4v) is 1.32. The predicted molar refractivity (Wildman–Crippen MR) is 54.9 cm³/mol. The molecule has 0 saturated carbocycles. The SMILES string of the molecule is C=C(C)Nc1c(Cl)cccc1Cl. The smallest absolute Gasteiger partial charge is 0.0760 e. The number of hydrogen-bond acceptors (Lipinski definition) is 1. The van der Waals surface area contributed by atoms with Gasteiger partial charge < -0.3 is 5.32 Å². The number of nitrogens with one attached hydrogen (secondary N) is 1. The lowest BCUT2D eigenvalue weighted by atomic mass is 10.3. The van der Waals surface area contributed by atoms with E-state index in [1.54, 1.807) is 18.2 Å². The van der Waals surface area contributed by atoms with Crippen molar-refractivity contribution in [1.82, 2.24) is 0 Å². The standard InChI is InChI=1S/C9H9Cl2N/c1-6(2)12-9-7(10)4-3-5-8(9)11/h3-5,12H,1H2,2H3. The summed E-state index contributed by atoms with van der Waals surface area (Å²) >= 11 is 11.8. The molecule has 0 heterocycles. The van der Waals surface area contributed by atoms with Crippen LogP contribution in [0.2, 0.25) is 10.0 Å². The summed E-state index contributed by atoms with van der Waals surface area (Å²) in [4.78, 5) is 0. The van der Waals surface area contributed by atoms with Crippen LogP contribution in [0.25, 0.3) is 0 Å². The van der Waals surface area contributed by atoms with Gasteiger partial charge in [-0.15, -0.1) is 0 Å². The number of anilines is 1. The number of benzene rings is 1. The van der Waals surface area contributed by atoms with Gasteiger partial charge in [0.15, 0.2) is 0 Å². The van der Waals surface area contributed by atoms with E-state index in [0.717, 1.165) is 5.70 Å². The van der Waals surface area contributed by atoms with E-state index in [9.17, 15) is 0 Å². The second-order valence-electron chi connectivity index (χ2n) is 2.50. The van der Waals surface area contributed by atoms with Crippen LogP contribution in [0, 0.1) is 0 Å². The second kappa shape index (κ2) is 3.83. The molecule has 64 valence electrons. The van der Waals surface area contributed by atoms with Crippen molar-refractivity contribution < 1.29 is 0 Å². The molecule has 0 aliphatic rings. The van der Waals surface area contributed by atoms with E-state index >= 15 is 0 Å². The summed E-state index contributed by atoms with van der Waals surface area (Å²) in [6, 6.07) is 5.35. The van der Waals surface area contributed by atoms with Gasteiger partial charge in [-0.05, 0) is 19.1 Å². The highest BCUT2D eigenvalue weighted by atomic mass is 35.5. The number of para-hydroxylation sites is 1. The van der Waals surface area contributed by atoms with Crippen molar-refractivity contribution in [3.8, 4) is 0 Å². The highest BCUT2D eigenvalue weighted by molar-refractivity contribution is 6.39. The summed E-state index contributed by atoms with van der Waals surface area (Å²) in [6.45, 7) is 5.55. The molecule has 1 aromatic carbocycles. The Balaban J connectivity index is 3.04. The Morgan fingerprint density at radius 2 is 1.83 bits per heavy atom. The molecule has 0 spiro atoms. The molecule has 0 aromatic heterocycles. The quantitative estimate of drug-likeness (QED) is 0.765. The summed E-state index contributed by atoms with van der Waals surface area (Å²) < 4.78 is 0. The lowest BCUT2D eigenvalue weighted by molar-refractivity contribution is 1.40. The molecule has 0 saturated heterocycles. The van der Waals surface area contributed by atoms with E-state index in [0.29, 0.717) is 15.7 Å². The fourth-order valence-electron chi connectivity index (χ4n) is 0.831. The molecular weight excluding hydrogens is 193 g/mol. The molecule has 1 nitrogen and oxygen atoms in total.